The van der Waals surface area contributed by atoms with Gasteiger partial charge in [0, 0.05) is 43.0 Å². The van der Waals surface area contributed by atoms with Gasteiger partial charge in [0.1, 0.15) is 12.4 Å². The van der Waals surface area contributed by atoms with Gasteiger partial charge in [0.05, 0.1) is 29.6 Å². The van der Waals surface area contributed by atoms with E-state index in [4.69, 9.17) is 24.3 Å². The van der Waals surface area contributed by atoms with E-state index >= 15 is 0 Å². The predicted molar refractivity (Wildman–Crippen MR) is 166 cm³/mol. The lowest BCUT2D eigenvalue weighted by Gasteiger charge is -2.41. The molecule has 6 heterocycles. The highest BCUT2D eigenvalue weighted by atomic mass is 19.1. The maximum absolute atomic E-state index is 14.8. The third kappa shape index (κ3) is 6.43. The van der Waals surface area contributed by atoms with E-state index in [9.17, 15) is 14.3 Å². The quantitative estimate of drug-likeness (QED) is 0.309. The Kier molecular flexibility index (Phi) is 8.13. The normalized spacial score (nSPS) is 18.4. The van der Waals surface area contributed by atoms with Gasteiger partial charge in [0.25, 0.3) is 0 Å². The van der Waals surface area contributed by atoms with Crippen molar-refractivity contribution in [2.75, 3.05) is 31.2 Å². The lowest BCUT2D eigenvalue weighted by Crippen LogP contribution is -2.45. The van der Waals surface area contributed by atoms with Gasteiger partial charge >= 0.3 is 5.97 Å². The van der Waals surface area contributed by atoms with Crippen molar-refractivity contribution >= 4 is 17.4 Å². The second-order valence-electron chi connectivity index (χ2n) is 12.9. The molecule has 3 aliphatic heterocycles. The van der Waals surface area contributed by atoms with Gasteiger partial charge in [-0.05, 0) is 65.2 Å². The van der Waals surface area contributed by atoms with E-state index in [1.54, 1.807) is 21.5 Å². The summed E-state index contributed by atoms with van der Waals surface area (Å²) < 4.78 is 36.5. The first-order valence-electron chi connectivity index (χ1n) is 15.2. The molecule has 1 saturated heterocycles. The van der Waals surface area contributed by atoms with E-state index in [1.807, 2.05) is 58.2 Å². The molecule has 0 radical (unpaired) electrons. The summed E-state index contributed by atoms with van der Waals surface area (Å²) >= 11 is 0. The standard InChI is InChI=1S/C33H39FN6O5/c1-21-27(29(31(41)42)45-32(2,3)4)30-38-13-11-33(5,12-14-38)44-16-7-6-15-43-28-23(9-8-10-24(28)34)17-22-19-35-39(20-22)26-18-25(36-21)40(30)37-26/h6-10,18-20,29H,11-17H2,1-5H3,(H,41,42)/b7-6+/t29-/m0/s1. The summed E-state index contributed by atoms with van der Waals surface area (Å²) in [5, 5.41) is 19.8. The average molecular weight is 619 g/mol. The Morgan fingerprint density at radius 3 is 2.67 bits per heavy atom. The number of rotatable bonds is 3. The second kappa shape index (κ2) is 11.9. The Morgan fingerprint density at radius 1 is 1.18 bits per heavy atom. The molecule has 0 unspecified atom stereocenters. The molecule has 3 aromatic heterocycles. The number of aromatic nitrogens is 5. The number of hydrogen-bond acceptors (Lipinski definition) is 8. The zero-order chi connectivity index (χ0) is 31.9. The number of carboxylic acids is 1. The molecule has 12 heteroatoms. The Labute approximate surface area is 261 Å². The number of benzene rings is 1. The first-order valence-corrected chi connectivity index (χ1v) is 15.2. The summed E-state index contributed by atoms with van der Waals surface area (Å²) in [7, 11) is 0. The number of aliphatic carboxylic acids is 1. The zero-order valence-electron chi connectivity index (χ0n) is 26.3. The molecule has 45 heavy (non-hydrogen) atoms. The fourth-order valence-electron chi connectivity index (χ4n) is 5.92. The number of nitrogens with zero attached hydrogens (tertiary/aromatic N) is 6. The van der Waals surface area contributed by atoms with Crippen LogP contribution >= 0.6 is 0 Å². The Balaban J connectivity index is 1.49. The van der Waals surface area contributed by atoms with E-state index in [0.29, 0.717) is 73.1 Å². The van der Waals surface area contributed by atoms with E-state index in [-0.39, 0.29) is 12.4 Å². The van der Waals surface area contributed by atoms with Crippen molar-refractivity contribution in [2.24, 2.45) is 0 Å². The predicted octanol–water partition coefficient (Wildman–Crippen LogP) is 5.22. The third-order valence-electron chi connectivity index (χ3n) is 8.20. The minimum absolute atomic E-state index is 0.207. The van der Waals surface area contributed by atoms with Crippen LogP contribution in [0.1, 0.15) is 69.0 Å². The first kappa shape index (κ1) is 30.7. The van der Waals surface area contributed by atoms with E-state index in [0.717, 1.165) is 5.56 Å². The molecule has 11 nitrogen and oxygen atoms in total. The number of anilines is 1. The topological polar surface area (TPSA) is 116 Å². The molecule has 0 amide bonds. The van der Waals surface area contributed by atoms with Gasteiger partial charge in [-0.25, -0.2) is 18.9 Å². The largest absolute Gasteiger partial charge is 0.486 e. The highest BCUT2D eigenvalue weighted by Gasteiger charge is 2.37. The maximum atomic E-state index is 14.8. The fraction of sp³-hybridized carbons (Fsp3) is 0.455. The molecule has 6 bridgehead atoms. The van der Waals surface area contributed by atoms with Gasteiger partial charge in [-0.15, -0.1) is 5.10 Å². The smallest absolute Gasteiger partial charge is 0.337 e. The van der Waals surface area contributed by atoms with Crippen LogP contribution in [0.25, 0.3) is 11.5 Å². The SMILES string of the molecule is Cc1nc2cc3nn2c(c1[C@H](OC(C)(C)C)C(=O)O)N1CCC(C)(CC1)OC/C=C/COc1c(F)cccc1Cc1cnn-3c1. The van der Waals surface area contributed by atoms with Crippen molar-refractivity contribution in [1.82, 2.24) is 24.4 Å². The monoisotopic (exact) mass is 618 g/mol. The number of ether oxygens (including phenoxy) is 3. The second-order valence-corrected chi connectivity index (χ2v) is 12.9. The Hall–Kier alpha value is -4.29. The van der Waals surface area contributed by atoms with Crippen LogP contribution in [0.4, 0.5) is 10.2 Å². The van der Waals surface area contributed by atoms with Gasteiger partial charge in [0.2, 0.25) is 0 Å². The zero-order valence-corrected chi connectivity index (χ0v) is 26.3. The van der Waals surface area contributed by atoms with Crippen molar-refractivity contribution in [3.63, 3.8) is 0 Å². The molecular weight excluding hydrogens is 579 g/mol. The van der Waals surface area contributed by atoms with Crippen LogP contribution in [0.3, 0.4) is 0 Å². The summed E-state index contributed by atoms with van der Waals surface area (Å²) in [6, 6.07) is 6.71. The molecule has 1 fully saturated rings. The number of fused-ring (bicyclic) bond motifs is 6. The molecule has 0 spiro atoms. The Morgan fingerprint density at radius 2 is 1.93 bits per heavy atom. The maximum Gasteiger partial charge on any atom is 0.337 e. The van der Waals surface area contributed by atoms with Crippen molar-refractivity contribution in [3.05, 3.63) is 77.0 Å². The fourth-order valence-corrected chi connectivity index (χ4v) is 5.92. The number of para-hydroxylation sites is 1. The molecular formula is C33H39FN6O5. The summed E-state index contributed by atoms with van der Waals surface area (Å²) in [6.45, 7) is 11.2. The Bertz CT molecular complexity index is 1750. The van der Waals surface area contributed by atoms with Crippen LogP contribution in [0.2, 0.25) is 0 Å². The van der Waals surface area contributed by atoms with E-state index in [1.165, 1.54) is 6.07 Å². The molecule has 3 aliphatic rings. The summed E-state index contributed by atoms with van der Waals surface area (Å²) in [5.74, 6) is -0.175. The lowest BCUT2D eigenvalue weighted by atomic mass is 9.92. The number of carbonyl (C=O) groups is 1. The van der Waals surface area contributed by atoms with Crippen molar-refractivity contribution in [2.45, 2.75) is 71.2 Å². The molecule has 4 aromatic rings. The highest BCUT2D eigenvalue weighted by Crippen LogP contribution is 2.38. The van der Waals surface area contributed by atoms with E-state index < -0.39 is 29.1 Å². The number of carboxylic acid groups (broad SMARTS) is 1. The van der Waals surface area contributed by atoms with Crippen molar-refractivity contribution in [1.29, 1.82) is 0 Å². The van der Waals surface area contributed by atoms with Crippen LogP contribution in [0, 0.1) is 12.7 Å². The van der Waals surface area contributed by atoms with Crippen LogP contribution in [-0.4, -0.2) is 73.0 Å². The van der Waals surface area contributed by atoms with Crippen LogP contribution < -0.4 is 9.64 Å². The van der Waals surface area contributed by atoms with Gasteiger partial charge in [-0.1, -0.05) is 18.2 Å². The average Bonchev–Trinajstić information content (AvgIpc) is 3.61. The van der Waals surface area contributed by atoms with Crippen LogP contribution in [0.5, 0.6) is 5.75 Å². The summed E-state index contributed by atoms with van der Waals surface area (Å²) in [4.78, 5) is 19.7. The van der Waals surface area contributed by atoms with Gasteiger partial charge < -0.3 is 24.2 Å². The van der Waals surface area contributed by atoms with E-state index in [2.05, 4.69) is 16.9 Å². The van der Waals surface area contributed by atoms with Gasteiger partial charge in [0.15, 0.2) is 29.1 Å². The molecule has 1 aromatic carbocycles. The number of hydrogen-bond donors (Lipinski definition) is 1. The molecule has 1 atom stereocenters. The van der Waals surface area contributed by atoms with Gasteiger partial charge in [-0.3, -0.25) is 0 Å². The molecule has 1 N–H and O–H groups in total. The molecule has 7 rings (SSSR count). The first-order chi connectivity index (χ1) is 21.4. The minimum atomic E-state index is -1.26. The lowest BCUT2D eigenvalue weighted by molar-refractivity contribution is -0.160. The molecule has 0 saturated carbocycles. The number of aryl methyl sites for hydroxylation is 1. The third-order valence-corrected chi connectivity index (χ3v) is 8.20. The molecule has 238 valence electrons. The summed E-state index contributed by atoms with van der Waals surface area (Å²) in [6.07, 6.45) is 7.82. The minimum Gasteiger partial charge on any atom is -0.486 e. The highest BCUT2D eigenvalue weighted by molar-refractivity contribution is 5.78. The van der Waals surface area contributed by atoms with Crippen molar-refractivity contribution in [3.8, 4) is 11.6 Å². The summed E-state index contributed by atoms with van der Waals surface area (Å²) in [5.41, 5.74) is 1.99. The van der Waals surface area contributed by atoms with Crippen LogP contribution in [0.15, 0.2) is 48.8 Å². The van der Waals surface area contributed by atoms with Crippen molar-refractivity contribution < 1.29 is 28.5 Å². The number of halogens is 1. The van der Waals surface area contributed by atoms with Crippen LogP contribution in [-0.2, 0) is 20.7 Å². The number of piperidine rings is 1. The van der Waals surface area contributed by atoms with Gasteiger partial charge in [-0.2, -0.15) is 9.61 Å². The molecule has 0 aliphatic carbocycles.